The van der Waals surface area contributed by atoms with E-state index in [0.717, 1.165) is 11.3 Å². The Morgan fingerprint density at radius 2 is 1.81 bits per heavy atom. The molecule has 26 heavy (non-hydrogen) atoms. The summed E-state index contributed by atoms with van der Waals surface area (Å²) in [6.07, 6.45) is 0. The van der Waals surface area contributed by atoms with Gasteiger partial charge in [0.05, 0.1) is 18.9 Å². The molecule has 2 aromatic carbocycles. The quantitative estimate of drug-likeness (QED) is 0.803. The van der Waals surface area contributed by atoms with Crippen LogP contribution in [-0.4, -0.2) is 51.4 Å². The van der Waals surface area contributed by atoms with Gasteiger partial charge in [0.1, 0.15) is 11.6 Å². The predicted octanol–water partition coefficient (Wildman–Crippen LogP) is 2.65. The Morgan fingerprint density at radius 3 is 2.50 bits per heavy atom. The molecular weight excluding hydrogens is 355 g/mol. The second-order valence-corrected chi connectivity index (χ2v) is 8.45. The number of halogens is 1. The van der Waals surface area contributed by atoms with E-state index in [4.69, 9.17) is 4.74 Å². The number of benzene rings is 2. The first kappa shape index (κ1) is 18.8. The van der Waals surface area contributed by atoms with Gasteiger partial charge < -0.3 is 4.74 Å². The lowest BCUT2D eigenvalue weighted by Crippen LogP contribution is -2.49. The Morgan fingerprint density at radius 1 is 1.12 bits per heavy atom. The Labute approximate surface area is 154 Å². The minimum absolute atomic E-state index is 0.0807. The highest BCUT2D eigenvalue weighted by molar-refractivity contribution is 7.88. The number of hydrogen-bond donors (Lipinski definition) is 0. The summed E-state index contributed by atoms with van der Waals surface area (Å²) in [5, 5.41) is 0. The average molecular weight is 378 g/mol. The Hall–Kier alpha value is -1.96. The van der Waals surface area contributed by atoms with Crippen molar-refractivity contribution in [2.75, 3.05) is 33.8 Å². The summed E-state index contributed by atoms with van der Waals surface area (Å²) < 4.78 is 45.7. The summed E-state index contributed by atoms with van der Waals surface area (Å²) in [6, 6.07) is 13.2. The Kier molecular flexibility index (Phi) is 5.60. The van der Waals surface area contributed by atoms with Gasteiger partial charge in [-0.3, -0.25) is 4.90 Å². The van der Waals surface area contributed by atoms with Crippen LogP contribution in [0, 0.1) is 5.82 Å². The molecule has 1 unspecified atom stereocenters. The summed E-state index contributed by atoms with van der Waals surface area (Å²) in [6.45, 7) is 1.43. The van der Waals surface area contributed by atoms with Crippen LogP contribution in [0.1, 0.15) is 17.2 Å². The molecule has 0 aromatic heterocycles. The van der Waals surface area contributed by atoms with Gasteiger partial charge in [0.25, 0.3) is 0 Å². The van der Waals surface area contributed by atoms with E-state index in [1.807, 2.05) is 31.3 Å². The molecule has 1 atom stereocenters. The maximum Gasteiger partial charge on any atom is 0.218 e. The van der Waals surface area contributed by atoms with Gasteiger partial charge in [-0.2, -0.15) is 4.31 Å². The summed E-state index contributed by atoms with van der Waals surface area (Å²) >= 11 is 0. The smallest absolute Gasteiger partial charge is 0.218 e. The molecule has 2 aromatic rings. The van der Waals surface area contributed by atoms with Gasteiger partial charge in [0.15, 0.2) is 0 Å². The van der Waals surface area contributed by atoms with Crippen molar-refractivity contribution in [2.45, 2.75) is 11.8 Å². The minimum Gasteiger partial charge on any atom is -0.496 e. The number of nitrogens with zero attached hydrogens (tertiary/aromatic N) is 2. The van der Waals surface area contributed by atoms with Crippen molar-refractivity contribution in [3.05, 3.63) is 65.5 Å². The zero-order valence-corrected chi connectivity index (χ0v) is 15.7. The highest BCUT2D eigenvalue weighted by Crippen LogP contribution is 2.32. The molecule has 1 aliphatic heterocycles. The lowest BCUT2D eigenvalue weighted by atomic mass is 10.0. The number of para-hydroxylation sites is 1. The fraction of sp³-hybridized carbons (Fsp3) is 0.368. The molecule has 1 saturated heterocycles. The number of likely N-dealkylation sites (N-methyl/N-ethyl adjacent to an activating group) is 1. The van der Waals surface area contributed by atoms with Crippen molar-refractivity contribution in [1.29, 1.82) is 0 Å². The third kappa shape index (κ3) is 4.06. The normalized spacial score (nSPS) is 19.4. The molecular formula is C19H23FN2O3S. The van der Waals surface area contributed by atoms with Crippen LogP contribution >= 0.6 is 0 Å². The van der Waals surface area contributed by atoms with Gasteiger partial charge in [0, 0.05) is 25.2 Å². The molecule has 0 radical (unpaired) electrons. The fourth-order valence-electron chi connectivity index (χ4n) is 3.26. The van der Waals surface area contributed by atoms with E-state index in [-0.39, 0.29) is 17.6 Å². The predicted molar refractivity (Wildman–Crippen MR) is 99.0 cm³/mol. The van der Waals surface area contributed by atoms with Crippen molar-refractivity contribution in [3.63, 3.8) is 0 Å². The van der Waals surface area contributed by atoms with Crippen molar-refractivity contribution in [3.8, 4) is 5.75 Å². The van der Waals surface area contributed by atoms with Gasteiger partial charge in [-0.1, -0.05) is 30.3 Å². The summed E-state index contributed by atoms with van der Waals surface area (Å²) in [4.78, 5) is 2.14. The lowest BCUT2D eigenvalue weighted by molar-refractivity contribution is 0.145. The molecule has 0 spiro atoms. The monoisotopic (exact) mass is 378 g/mol. The SMILES string of the molecule is COc1ccccc1C1CN(S(=O)(=O)Cc2ccc(F)cc2)CCN1C. The van der Waals surface area contributed by atoms with Crippen LogP contribution in [-0.2, 0) is 15.8 Å². The molecule has 7 heteroatoms. The number of sulfonamides is 1. The van der Waals surface area contributed by atoms with Crippen molar-refractivity contribution >= 4 is 10.0 Å². The second kappa shape index (κ2) is 7.73. The zero-order valence-electron chi connectivity index (χ0n) is 14.9. The summed E-state index contributed by atoms with van der Waals surface area (Å²) in [5.41, 5.74) is 1.55. The number of hydrogen-bond acceptors (Lipinski definition) is 4. The Bertz CT molecular complexity index is 855. The third-order valence-corrected chi connectivity index (χ3v) is 6.58. The number of methoxy groups -OCH3 is 1. The maximum atomic E-state index is 13.1. The largest absolute Gasteiger partial charge is 0.496 e. The van der Waals surface area contributed by atoms with Gasteiger partial charge in [0.2, 0.25) is 10.0 Å². The first-order valence-corrected chi connectivity index (χ1v) is 10.1. The topological polar surface area (TPSA) is 49.9 Å². The lowest BCUT2D eigenvalue weighted by Gasteiger charge is -2.39. The Balaban J connectivity index is 1.81. The van der Waals surface area contributed by atoms with E-state index in [9.17, 15) is 12.8 Å². The molecule has 0 saturated carbocycles. The molecule has 0 aliphatic carbocycles. The van der Waals surface area contributed by atoms with E-state index in [0.29, 0.717) is 25.2 Å². The summed E-state index contributed by atoms with van der Waals surface area (Å²) in [5.74, 6) is 0.249. The minimum atomic E-state index is -3.49. The third-order valence-electron chi connectivity index (χ3n) is 4.76. The molecule has 0 amide bonds. The van der Waals surface area contributed by atoms with Crippen LogP contribution in [0.25, 0.3) is 0 Å². The van der Waals surface area contributed by atoms with Gasteiger partial charge in [-0.15, -0.1) is 0 Å². The van der Waals surface area contributed by atoms with E-state index >= 15 is 0 Å². The van der Waals surface area contributed by atoms with E-state index in [2.05, 4.69) is 4.90 Å². The van der Waals surface area contributed by atoms with Crippen LogP contribution < -0.4 is 4.74 Å². The molecule has 3 rings (SSSR count). The van der Waals surface area contributed by atoms with E-state index < -0.39 is 10.0 Å². The first-order chi connectivity index (χ1) is 12.4. The number of piperazine rings is 1. The van der Waals surface area contributed by atoms with Gasteiger partial charge in [-0.05, 0) is 30.8 Å². The molecule has 5 nitrogen and oxygen atoms in total. The molecule has 1 aliphatic rings. The van der Waals surface area contributed by atoms with Crippen molar-refractivity contribution in [1.82, 2.24) is 9.21 Å². The molecule has 140 valence electrons. The van der Waals surface area contributed by atoms with Crippen LogP contribution in [0.2, 0.25) is 0 Å². The highest BCUT2D eigenvalue weighted by atomic mass is 32.2. The van der Waals surface area contributed by atoms with Crippen LogP contribution in [0.15, 0.2) is 48.5 Å². The van der Waals surface area contributed by atoms with Crippen LogP contribution in [0.5, 0.6) is 5.75 Å². The maximum absolute atomic E-state index is 13.1. The molecule has 0 bridgehead atoms. The van der Waals surface area contributed by atoms with Crippen molar-refractivity contribution < 1.29 is 17.5 Å². The summed E-state index contributed by atoms with van der Waals surface area (Å²) in [7, 11) is 0.113. The number of rotatable bonds is 5. The van der Waals surface area contributed by atoms with Crippen LogP contribution in [0.4, 0.5) is 4.39 Å². The van der Waals surface area contributed by atoms with Gasteiger partial charge >= 0.3 is 0 Å². The van der Waals surface area contributed by atoms with E-state index in [1.165, 1.54) is 28.6 Å². The molecule has 1 fully saturated rings. The number of ether oxygens (including phenoxy) is 1. The average Bonchev–Trinajstić information content (AvgIpc) is 2.63. The van der Waals surface area contributed by atoms with Crippen LogP contribution in [0.3, 0.4) is 0 Å². The standard InChI is InChI=1S/C19H23FN2O3S/c1-21-11-12-22(13-18(21)17-5-3-4-6-19(17)25-2)26(23,24)14-15-7-9-16(20)10-8-15/h3-10,18H,11-14H2,1-2H3. The first-order valence-electron chi connectivity index (χ1n) is 8.46. The fourth-order valence-corrected chi connectivity index (χ4v) is 4.79. The molecule has 1 heterocycles. The second-order valence-electron chi connectivity index (χ2n) is 6.48. The van der Waals surface area contributed by atoms with E-state index in [1.54, 1.807) is 7.11 Å². The van der Waals surface area contributed by atoms with Crippen molar-refractivity contribution in [2.24, 2.45) is 0 Å². The van der Waals surface area contributed by atoms with Gasteiger partial charge in [-0.25, -0.2) is 12.8 Å². The highest BCUT2D eigenvalue weighted by Gasteiger charge is 2.33. The molecule has 0 N–H and O–H groups in total. The zero-order chi connectivity index (χ0) is 18.7.